The number of hydrogen-bond acceptors (Lipinski definition) is 2. The van der Waals surface area contributed by atoms with Crippen LogP contribution in [-0.4, -0.2) is 14.1 Å². The molecule has 0 atom stereocenters. The Bertz CT molecular complexity index is 3750. The molecule has 3 aromatic heterocycles. The summed E-state index contributed by atoms with van der Waals surface area (Å²) in [6, 6.07) is 56.7. The molecule has 0 bridgehead atoms. The first-order chi connectivity index (χ1) is 33.7. The van der Waals surface area contributed by atoms with Gasteiger partial charge in [-0.3, -0.25) is 0 Å². The van der Waals surface area contributed by atoms with Crippen LogP contribution in [0.2, 0.25) is 0 Å². The molecule has 1 aliphatic heterocycles. The van der Waals surface area contributed by atoms with Crippen molar-refractivity contribution >= 4 is 32.8 Å². The maximum absolute atomic E-state index is 7.29. The molecule has 5 nitrogen and oxygen atoms in total. The van der Waals surface area contributed by atoms with Crippen LogP contribution in [0.3, 0.4) is 0 Å². The molecular formula is C66H62N4OPt-2. The number of rotatable bonds is 4. The molecule has 4 heterocycles. The predicted octanol–water partition coefficient (Wildman–Crippen LogP) is 15.7. The second-order valence-corrected chi connectivity index (χ2v) is 24.2. The number of benzene rings is 7. The van der Waals surface area contributed by atoms with E-state index in [1.165, 1.54) is 55.6 Å². The van der Waals surface area contributed by atoms with Gasteiger partial charge in [0.25, 0.3) is 0 Å². The molecule has 6 heteroatoms. The zero-order chi connectivity index (χ0) is 49.7. The van der Waals surface area contributed by atoms with Crippen LogP contribution in [-0.2, 0) is 55.2 Å². The fourth-order valence-corrected chi connectivity index (χ4v) is 11.8. The summed E-state index contributed by atoms with van der Waals surface area (Å²) in [4.78, 5) is 4.83. The van der Waals surface area contributed by atoms with E-state index in [0.29, 0.717) is 11.5 Å². The molecule has 0 saturated heterocycles. The third-order valence-corrected chi connectivity index (χ3v) is 15.3. The Morgan fingerprint density at radius 3 is 1.81 bits per heavy atom. The molecule has 1 aliphatic carbocycles. The molecule has 0 radical (unpaired) electrons. The monoisotopic (exact) mass is 1120 g/mol. The SMILES string of the molecule is C[n+]1[c-]n2c3c(cccc31)C1(c3ccc(Oc4[c-]c5c(cc4-c4ccccc4)c4ccccc4n5-c4ccccn4)[c-]c3-2)c2c(cc(C(C)(C)C)cc2C(C)(C)C)-c2cc(C(C)(C)C)cc(C(C)(C)C)c21.[Pt]. The number of nitrogens with zero attached hydrogens (tertiary/aromatic N) is 4. The molecule has 7 aromatic carbocycles. The number of pyridine rings is 1. The molecule has 0 fully saturated rings. The minimum Gasteiger partial charge on any atom is -0.509 e. The van der Waals surface area contributed by atoms with E-state index in [1.54, 1.807) is 0 Å². The van der Waals surface area contributed by atoms with Gasteiger partial charge in [0.15, 0.2) is 0 Å². The van der Waals surface area contributed by atoms with E-state index in [9.17, 15) is 0 Å². The Balaban J connectivity index is 0.00000560. The number of aromatic nitrogens is 4. The zero-order valence-corrected chi connectivity index (χ0v) is 46.1. The molecule has 1 spiro atoms. The van der Waals surface area contributed by atoms with Crippen molar-refractivity contribution in [1.29, 1.82) is 0 Å². The van der Waals surface area contributed by atoms with E-state index in [1.807, 2.05) is 24.4 Å². The standard InChI is InChI=1S/C66H62N4O.Pt/c1-62(2,3)41-32-47-48-33-42(63(4,5)6)35-52(65(10,11)12)60(48)66(59(47)51(34-41)64(7,8)9)49-30-29-43(36-56(49)69-39-68(13)54-27-21-25-50(66)61(54)69)71-57-38-55-46(37-45(57)40-22-15-14-16-23-40)44-24-17-18-26-53(44)70(55)58-28-19-20-31-67-58;/h14-35,37H,1-13H3;/q-2;. The summed E-state index contributed by atoms with van der Waals surface area (Å²) in [6.45, 7) is 28.5. The fraction of sp³-hybridized carbons (Fsp3) is 0.273. The maximum Gasteiger partial charge on any atom is 0.242 e. The number of aryl methyl sites for hydroxylation is 1. The Morgan fingerprint density at radius 2 is 1.19 bits per heavy atom. The number of ether oxygens (including phenoxy) is 1. The third kappa shape index (κ3) is 7.04. The zero-order valence-electron chi connectivity index (χ0n) is 43.8. The van der Waals surface area contributed by atoms with Crippen LogP contribution in [0.25, 0.3) is 66.6 Å². The summed E-state index contributed by atoms with van der Waals surface area (Å²) >= 11 is 0. The van der Waals surface area contributed by atoms with Crippen molar-refractivity contribution in [1.82, 2.24) is 14.1 Å². The predicted molar refractivity (Wildman–Crippen MR) is 291 cm³/mol. The second-order valence-electron chi connectivity index (χ2n) is 24.2. The quantitative estimate of drug-likeness (QED) is 0.130. The van der Waals surface area contributed by atoms with Gasteiger partial charge in [0.05, 0.1) is 18.1 Å². The van der Waals surface area contributed by atoms with E-state index in [0.717, 1.165) is 55.5 Å². The van der Waals surface area contributed by atoms with Crippen molar-refractivity contribution in [3.8, 4) is 45.3 Å². The summed E-state index contributed by atoms with van der Waals surface area (Å²) in [6.07, 6.45) is 5.62. The minimum absolute atomic E-state index is 0. The third-order valence-electron chi connectivity index (χ3n) is 15.3. The van der Waals surface area contributed by atoms with Crippen LogP contribution in [0.4, 0.5) is 0 Å². The largest absolute Gasteiger partial charge is 0.509 e. The van der Waals surface area contributed by atoms with Gasteiger partial charge in [-0.25, -0.2) is 4.98 Å². The van der Waals surface area contributed by atoms with Crippen LogP contribution >= 0.6 is 0 Å². The van der Waals surface area contributed by atoms with Crippen LogP contribution in [0, 0.1) is 18.5 Å². The van der Waals surface area contributed by atoms with Gasteiger partial charge in [0.2, 0.25) is 6.33 Å². The second kappa shape index (κ2) is 16.2. The smallest absolute Gasteiger partial charge is 0.242 e. The first kappa shape index (κ1) is 47.8. The van der Waals surface area contributed by atoms with Gasteiger partial charge in [-0.1, -0.05) is 202 Å². The molecule has 364 valence electrons. The van der Waals surface area contributed by atoms with Crippen molar-refractivity contribution in [2.24, 2.45) is 7.05 Å². The Labute approximate surface area is 439 Å². The van der Waals surface area contributed by atoms with Crippen molar-refractivity contribution in [3.63, 3.8) is 0 Å². The first-order valence-corrected chi connectivity index (χ1v) is 25.2. The first-order valence-electron chi connectivity index (χ1n) is 25.2. The average molecular weight is 1120 g/mol. The van der Waals surface area contributed by atoms with Crippen molar-refractivity contribution in [3.05, 3.63) is 203 Å². The molecular weight excluding hydrogens is 1060 g/mol. The van der Waals surface area contributed by atoms with Crippen molar-refractivity contribution < 1.29 is 30.4 Å². The van der Waals surface area contributed by atoms with Gasteiger partial charge in [-0.15, -0.1) is 29.1 Å². The van der Waals surface area contributed by atoms with E-state index in [-0.39, 0.29) is 42.7 Å². The molecule has 0 N–H and O–H groups in total. The fourth-order valence-electron chi connectivity index (χ4n) is 11.8. The Hall–Kier alpha value is -6.55. The summed E-state index contributed by atoms with van der Waals surface area (Å²) in [5.74, 6) is 2.04. The van der Waals surface area contributed by atoms with E-state index in [2.05, 4.69) is 238 Å². The molecule has 2 aliphatic rings. The number of hydrogen-bond donors (Lipinski definition) is 0. The van der Waals surface area contributed by atoms with E-state index >= 15 is 0 Å². The molecule has 72 heavy (non-hydrogen) atoms. The molecule has 0 amide bonds. The van der Waals surface area contributed by atoms with Gasteiger partial charge in [-0.2, -0.15) is 12.1 Å². The van der Waals surface area contributed by atoms with Crippen molar-refractivity contribution in [2.75, 3.05) is 0 Å². The molecule has 0 saturated carbocycles. The van der Waals surface area contributed by atoms with E-state index < -0.39 is 5.41 Å². The van der Waals surface area contributed by atoms with Gasteiger partial charge in [-0.05, 0) is 95.3 Å². The maximum atomic E-state index is 7.29. The summed E-state index contributed by atoms with van der Waals surface area (Å²) in [5, 5.41) is 2.21. The summed E-state index contributed by atoms with van der Waals surface area (Å²) in [5.41, 5.74) is 19.1. The van der Waals surface area contributed by atoms with E-state index in [4.69, 9.17) is 9.72 Å². The van der Waals surface area contributed by atoms with Crippen molar-refractivity contribution in [2.45, 2.75) is 110 Å². The van der Waals surface area contributed by atoms with Crippen LogP contribution in [0.1, 0.15) is 128 Å². The van der Waals surface area contributed by atoms with Crippen LogP contribution in [0.5, 0.6) is 11.5 Å². The average Bonchev–Trinajstić information content (AvgIpc) is 3.95. The van der Waals surface area contributed by atoms with Gasteiger partial charge in [0, 0.05) is 49.7 Å². The Morgan fingerprint density at radius 1 is 0.569 bits per heavy atom. The van der Waals surface area contributed by atoms with Crippen LogP contribution < -0.4 is 9.30 Å². The normalized spacial score (nSPS) is 13.9. The van der Waals surface area contributed by atoms with Gasteiger partial charge >= 0.3 is 0 Å². The van der Waals surface area contributed by atoms with Crippen LogP contribution in [0.15, 0.2) is 140 Å². The number of fused-ring (bicyclic) bond motifs is 12. The number of imidazole rings is 1. The molecule has 10 aromatic rings. The topological polar surface area (TPSA) is 35.9 Å². The number of para-hydroxylation sites is 2. The molecule has 12 rings (SSSR count). The van der Waals surface area contributed by atoms with Gasteiger partial charge < -0.3 is 18.4 Å². The Kier molecular flexibility index (Phi) is 10.8. The summed E-state index contributed by atoms with van der Waals surface area (Å²) in [7, 11) is 2.11. The summed E-state index contributed by atoms with van der Waals surface area (Å²) < 4.78 is 13.9. The molecule has 0 unspecified atom stereocenters. The minimum atomic E-state index is -0.717. The van der Waals surface area contributed by atoms with Gasteiger partial charge in [0.1, 0.15) is 5.82 Å².